The van der Waals surface area contributed by atoms with Crippen LogP contribution in [0.1, 0.15) is 39.1 Å². The van der Waals surface area contributed by atoms with E-state index in [0.717, 1.165) is 18.5 Å². The molecule has 0 N–H and O–H groups in total. The number of rotatable bonds is 5. The van der Waals surface area contributed by atoms with Gasteiger partial charge in [-0.15, -0.1) is 22.7 Å². The van der Waals surface area contributed by atoms with Crippen molar-refractivity contribution in [2.75, 3.05) is 4.90 Å². The van der Waals surface area contributed by atoms with Gasteiger partial charge in [-0.05, 0) is 106 Å². The maximum absolute atomic E-state index is 2.53. The topological polar surface area (TPSA) is 3.24 Å². The second-order valence-electron chi connectivity index (χ2n) is 15.8. The van der Waals surface area contributed by atoms with Crippen molar-refractivity contribution in [1.82, 2.24) is 0 Å². The summed E-state index contributed by atoms with van der Waals surface area (Å²) in [6.45, 7) is 0. The Kier molecular flexibility index (Phi) is 7.93. The molecule has 5 heteroatoms. The van der Waals surface area contributed by atoms with Crippen LogP contribution in [0.5, 0.6) is 0 Å². The molecule has 3 aliphatic rings. The Hall–Kier alpha value is -5.82. The van der Waals surface area contributed by atoms with Crippen molar-refractivity contribution in [3.05, 3.63) is 215 Å². The van der Waals surface area contributed by atoms with Gasteiger partial charge < -0.3 is 4.90 Å². The molecule has 0 saturated carbocycles. The molecule has 10 aromatic rings. The lowest BCUT2D eigenvalue weighted by Gasteiger charge is -2.34. The van der Waals surface area contributed by atoms with Crippen LogP contribution in [-0.2, 0) is 11.8 Å². The van der Waals surface area contributed by atoms with Crippen molar-refractivity contribution < 1.29 is 0 Å². The van der Waals surface area contributed by atoms with Gasteiger partial charge in [-0.1, -0.05) is 157 Å². The Morgan fingerprint density at radius 3 is 2.10 bits per heavy atom. The normalized spacial score (nSPS) is 16.1. The van der Waals surface area contributed by atoms with Crippen LogP contribution in [0.3, 0.4) is 0 Å². The molecule has 1 atom stereocenters. The van der Waals surface area contributed by atoms with Gasteiger partial charge in [0.2, 0.25) is 0 Å². The zero-order chi connectivity index (χ0) is 39.4. The van der Waals surface area contributed by atoms with Crippen LogP contribution < -0.4 is 4.90 Å². The number of para-hydroxylation sites is 1. The van der Waals surface area contributed by atoms with E-state index in [1.807, 2.05) is 46.2 Å². The highest BCUT2D eigenvalue weighted by molar-refractivity contribution is 8.05. The summed E-state index contributed by atoms with van der Waals surface area (Å²) in [5, 5.41) is 3.97. The Morgan fingerprint density at radius 1 is 0.500 bits per heavy atom. The van der Waals surface area contributed by atoms with Gasteiger partial charge >= 0.3 is 0 Å². The second-order valence-corrected chi connectivity index (χ2v) is 20.0. The summed E-state index contributed by atoms with van der Waals surface area (Å²) in [5.41, 5.74) is 12.6. The van der Waals surface area contributed by atoms with Crippen molar-refractivity contribution >= 4 is 99.6 Å². The summed E-state index contributed by atoms with van der Waals surface area (Å²) < 4.78 is 3.97. The molecule has 0 bridgehead atoms. The summed E-state index contributed by atoms with van der Waals surface area (Å²) in [6, 6.07) is 66.2. The number of hydrogen-bond acceptors (Lipinski definition) is 5. The molecule has 2 aromatic heterocycles. The third-order valence-electron chi connectivity index (χ3n) is 12.7. The highest BCUT2D eigenvalue weighted by atomic mass is 32.2. The molecule has 284 valence electrons. The van der Waals surface area contributed by atoms with Crippen LogP contribution in [-0.4, -0.2) is 0 Å². The minimum Gasteiger partial charge on any atom is -0.308 e. The van der Waals surface area contributed by atoms with Crippen LogP contribution in [0.2, 0.25) is 0 Å². The molecule has 3 heterocycles. The SMILES string of the molecule is C1=Cc2sc3c(N(c4ccccc4)c4cccc5sc6c(C7(c8ccccc8)c8ccccc8-c8c7ccc7c8Sc8ccccc8S7)cccc6c45)cccc3c2CC1. The summed E-state index contributed by atoms with van der Waals surface area (Å²) in [7, 11) is 0. The third-order valence-corrected chi connectivity index (χ3v) is 17.7. The zero-order valence-corrected chi connectivity index (χ0v) is 35.7. The van der Waals surface area contributed by atoms with Crippen LogP contribution >= 0.6 is 46.2 Å². The summed E-state index contributed by atoms with van der Waals surface area (Å²) >= 11 is 7.71. The van der Waals surface area contributed by atoms with E-state index >= 15 is 0 Å². The molecule has 1 aliphatic heterocycles. The van der Waals surface area contributed by atoms with E-state index in [-0.39, 0.29) is 0 Å². The van der Waals surface area contributed by atoms with E-state index < -0.39 is 5.41 Å². The van der Waals surface area contributed by atoms with Gasteiger partial charge in [0.15, 0.2) is 0 Å². The van der Waals surface area contributed by atoms with Gasteiger partial charge in [-0.25, -0.2) is 0 Å². The summed E-state index contributed by atoms with van der Waals surface area (Å²) in [4.78, 5) is 9.28. The van der Waals surface area contributed by atoms with E-state index in [1.54, 1.807) is 0 Å². The first kappa shape index (κ1) is 35.0. The lowest BCUT2D eigenvalue weighted by atomic mass is 9.67. The van der Waals surface area contributed by atoms with E-state index in [2.05, 4.69) is 193 Å². The minimum absolute atomic E-state index is 0.529. The van der Waals surface area contributed by atoms with Crippen LogP contribution in [0.15, 0.2) is 202 Å². The minimum atomic E-state index is -0.529. The number of allylic oxidation sites excluding steroid dienone is 1. The second kappa shape index (κ2) is 13.6. The number of anilines is 3. The summed E-state index contributed by atoms with van der Waals surface area (Å²) in [5.74, 6) is 0. The maximum atomic E-state index is 2.53. The van der Waals surface area contributed by atoms with Crippen LogP contribution in [0.25, 0.3) is 47.5 Å². The number of hydrogen-bond donors (Lipinski definition) is 0. The van der Waals surface area contributed by atoms with E-state index in [4.69, 9.17) is 0 Å². The first-order valence-electron chi connectivity index (χ1n) is 20.6. The molecule has 8 aromatic carbocycles. The predicted octanol–water partition coefficient (Wildman–Crippen LogP) is 16.7. The molecule has 0 spiro atoms. The molecule has 2 aliphatic carbocycles. The quantitative estimate of drug-likeness (QED) is 0.170. The number of nitrogens with zero attached hydrogens (tertiary/aromatic N) is 1. The van der Waals surface area contributed by atoms with Gasteiger partial charge in [0.05, 0.1) is 21.5 Å². The fourth-order valence-corrected chi connectivity index (χ4v) is 15.2. The molecule has 0 amide bonds. The predicted molar refractivity (Wildman–Crippen MR) is 259 cm³/mol. The van der Waals surface area contributed by atoms with Crippen LogP contribution in [0, 0.1) is 0 Å². The average molecular weight is 838 g/mol. The van der Waals surface area contributed by atoms with E-state index in [0.29, 0.717) is 0 Å². The molecule has 0 radical (unpaired) electrons. The molecule has 0 saturated heterocycles. The Morgan fingerprint density at radius 2 is 1.22 bits per heavy atom. The molecule has 1 nitrogen and oxygen atoms in total. The number of aryl methyl sites for hydroxylation is 1. The Bertz CT molecular complexity index is 3400. The molecular weight excluding hydrogens is 803 g/mol. The molecule has 1 unspecified atom stereocenters. The fraction of sp³-hybridized carbons (Fsp3) is 0.0545. The van der Waals surface area contributed by atoms with Crippen molar-refractivity contribution in [2.45, 2.75) is 37.8 Å². The van der Waals surface area contributed by atoms with Gasteiger partial charge in [0.1, 0.15) is 0 Å². The molecule has 0 fully saturated rings. The smallest absolute Gasteiger partial charge is 0.0727 e. The lowest BCUT2D eigenvalue weighted by Crippen LogP contribution is -2.28. The van der Waals surface area contributed by atoms with Crippen LogP contribution in [0.4, 0.5) is 17.1 Å². The highest BCUT2D eigenvalue weighted by Crippen LogP contribution is 2.63. The number of thiophene rings is 2. The lowest BCUT2D eigenvalue weighted by molar-refractivity contribution is 0.775. The number of fused-ring (bicyclic) bond motifs is 12. The third kappa shape index (κ3) is 4.95. The highest BCUT2D eigenvalue weighted by Gasteiger charge is 2.48. The monoisotopic (exact) mass is 837 g/mol. The van der Waals surface area contributed by atoms with E-state index in [9.17, 15) is 0 Å². The van der Waals surface area contributed by atoms with Crippen molar-refractivity contribution in [1.29, 1.82) is 0 Å². The van der Waals surface area contributed by atoms with Gasteiger partial charge in [-0.3, -0.25) is 0 Å². The first-order valence-corrected chi connectivity index (χ1v) is 23.8. The molecule has 13 rings (SSSR count). The standard InChI is InChI=1S/C55H35NS4/c1-3-16-34(17-4-1)55(40-24-9-7-21-38(40)50-41(55)32-33-49-54(50)59-47-30-12-11-29-46(47)57-49)42-25-13-23-39-51-43(26-15-31-48(51)60-52(39)42)56(35-18-5-2-6-19-35)44-27-14-22-37-36-20-8-10-28-45(36)58-53(37)44/h1-7,9-19,21-33H,8,20H2. The first-order chi connectivity index (χ1) is 29.8. The zero-order valence-electron chi connectivity index (χ0n) is 32.4. The largest absolute Gasteiger partial charge is 0.308 e. The maximum Gasteiger partial charge on any atom is 0.0727 e. The molecular formula is C55H35NS4. The van der Waals surface area contributed by atoms with E-state index in [1.165, 1.54) is 105 Å². The van der Waals surface area contributed by atoms with Gasteiger partial charge in [0.25, 0.3) is 0 Å². The van der Waals surface area contributed by atoms with Crippen molar-refractivity contribution in [3.8, 4) is 11.1 Å². The fourth-order valence-electron chi connectivity index (χ4n) is 10.2. The Balaban J connectivity index is 1.10. The number of benzene rings is 8. The van der Waals surface area contributed by atoms with Crippen molar-refractivity contribution in [2.24, 2.45) is 0 Å². The molecule has 60 heavy (non-hydrogen) atoms. The summed E-state index contributed by atoms with van der Waals surface area (Å²) in [6.07, 6.45) is 6.86. The van der Waals surface area contributed by atoms with Gasteiger partial charge in [0, 0.05) is 55.9 Å². The van der Waals surface area contributed by atoms with Crippen molar-refractivity contribution in [3.63, 3.8) is 0 Å². The Labute approximate surface area is 365 Å². The average Bonchev–Trinajstić information content (AvgIpc) is 3.99. The van der Waals surface area contributed by atoms with Gasteiger partial charge in [-0.2, -0.15) is 0 Å².